The molecule has 92 valence electrons. The Morgan fingerprint density at radius 3 is 2.11 bits per heavy atom. The van der Waals surface area contributed by atoms with E-state index in [2.05, 4.69) is 13.0 Å². The molecule has 0 aliphatic rings. The van der Waals surface area contributed by atoms with Gasteiger partial charge in [0.05, 0.1) is 0 Å². The van der Waals surface area contributed by atoms with E-state index in [1.54, 1.807) is 6.92 Å². The summed E-state index contributed by atoms with van der Waals surface area (Å²) in [5, 5.41) is 0.744. The average molecular weight is 259 g/mol. The third-order valence-electron chi connectivity index (χ3n) is 3.19. The highest BCUT2D eigenvalue weighted by atomic mass is 35.5. The summed E-state index contributed by atoms with van der Waals surface area (Å²) in [5.41, 5.74) is 5.16. The lowest BCUT2D eigenvalue weighted by Gasteiger charge is -2.09. The van der Waals surface area contributed by atoms with Crippen molar-refractivity contribution in [2.45, 2.75) is 20.8 Å². The van der Waals surface area contributed by atoms with Crippen LogP contribution >= 0.6 is 11.6 Å². The lowest BCUT2D eigenvalue weighted by Crippen LogP contribution is -1.91. The second-order valence-corrected chi connectivity index (χ2v) is 4.96. The minimum Gasteiger partial charge on any atom is -0.295 e. The van der Waals surface area contributed by atoms with Crippen molar-refractivity contribution >= 4 is 17.4 Å². The van der Waals surface area contributed by atoms with Crippen LogP contribution in [0.1, 0.15) is 28.4 Å². The third kappa shape index (κ3) is 2.46. The summed E-state index contributed by atoms with van der Waals surface area (Å²) in [7, 11) is 0. The van der Waals surface area contributed by atoms with Crippen molar-refractivity contribution in [2.75, 3.05) is 0 Å². The predicted molar refractivity (Wildman–Crippen MR) is 76.4 cm³/mol. The maximum Gasteiger partial charge on any atom is 0.159 e. The van der Waals surface area contributed by atoms with Crippen molar-refractivity contribution in [1.29, 1.82) is 0 Å². The number of rotatable bonds is 2. The molecule has 0 heterocycles. The zero-order valence-corrected chi connectivity index (χ0v) is 11.5. The molecule has 0 saturated heterocycles. The summed E-state index contributed by atoms with van der Waals surface area (Å²) in [6.45, 7) is 5.68. The first kappa shape index (κ1) is 12.8. The van der Waals surface area contributed by atoms with Crippen LogP contribution < -0.4 is 0 Å². The van der Waals surface area contributed by atoms with Crippen LogP contribution in [-0.2, 0) is 0 Å². The second-order valence-electron chi connectivity index (χ2n) is 4.55. The van der Waals surface area contributed by atoms with Crippen LogP contribution in [0.3, 0.4) is 0 Å². The van der Waals surface area contributed by atoms with Crippen LogP contribution in [0.4, 0.5) is 0 Å². The molecule has 0 spiro atoms. The fourth-order valence-corrected chi connectivity index (χ4v) is 2.21. The topological polar surface area (TPSA) is 17.1 Å². The molecule has 2 aromatic carbocycles. The number of carbonyl (C=O) groups excluding carboxylic acids is 1. The first-order valence-electron chi connectivity index (χ1n) is 5.87. The van der Waals surface area contributed by atoms with Gasteiger partial charge >= 0.3 is 0 Å². The minimum atomic E-state index is 0.0766. The smallest absolute Gasteiger partial charge is 0.159 e. The number of carbonyl (C=O) groups is 1. The van der Waals surface area contributed by atoms with Crippen molar-refractivity contribution in [1.82, 2.24) is 0 Å². The Labute approximate surface area is 112 Å². The van der Waals surface area contributed by atoms with E-state index in [4.69, 9.17) is 11.6 Å². The van der Waals surface area contributed by atoms with Crippen molar-refractivity contribution in [3.05, 3.63) is 58.1 Å². The van der Waals surface area contributed by atoms with Gasteiger partial charge in [0.2, 0.25) is 0 Å². The molecule has 2 rings (SSSR count). The Morgan fingerprint density at radius 1 is 1.00 bits per heavy atom. The molecule has 0 radical (unpaired) electrons. The molecular formula is C16H15ClO. The van der Waals surface area contributed by atoms with Crippen molar-refractivity contribution in [3.63, 3.8) is 0 Å². The van der Waals surface area contributed by atoms with Gasteiger partial charge in [0.15, 0.2) is 5.78 Å². The van der Waals surface area contributed by atoms with Crippen molar-refractivity contribution in [2.24, 2.45) is 0 Å². The Morgan fingerprint density at radius 2 is 1.56 bits per heavy atom. The van der Waals surface area contributed by atoms with Gasteiger partial charge in [-0.05, 0) is 49.6 Å². The Balaban J connectivity index is 2.49. The minimum absolute atomic E-state index is 0.0766. The molecule has 0 N–H and O–H groups in total. The van der Waals surface area contributed by atoms with E-state index in [9.17, 15) is 4.79 Å². The normalized spacial score (nSPS) is 10.4. The van der Waals surface area contributed by atoms with Gasteiger partial charge in [-0.2, -0.15) is 0 Å². The predicted octanol–water partition coefficient (Wildman–Crippen LogP) is 4.83. The summed E-state index contributed by atoms with van der Waals surface area (Å²) < 4.78 is 0. The van der Waals surface area contributed by atoms with Crippen LogP contribution in [0, 0.1) is 13.8 Å². The monoisotopic (exact) mass is 258 g/mol. The summed E-state index contributed by atoms with van der Waals surface area (Å²) in [6.07, 6.45) is 0. The van der Waals surface area contributed by atoms with Gasteiger partial charge in [0, 0.05) is 16.1 Å². The van der Waals surface area contributed by atoms with Crippen LogP contribution in [-0.4, -0.2) is 5.78 Å². The number of hydrogen-bond donors (Lipinski definition) is 0. The van der Waals surface area contributed by atoms with E-state index in [1.165, 1.54) is 11.1 Å². The molecule has 1 nitrogen and oxygen atoms in total. The zero-order valence-electron chi connectivity index (χ0n) is 10.8. The van der Waals surface area contributed by atoms with Crippen molar-refractivity contribution in [3.8, 4) is 11.1 Å². The molecule has 0 aliphatic carbocycles. The molecule has 18 heavy (non-hydrogen) atoms. The molecule has 0 saturated carbocycles. The molecule has 0 unspecified atom stereocenters. The molecular weight excluding hydrogens is 244 g/mol. The molecule has 2 aromatic rings. The molecule has 0 aromatic heterocycles. The number of halogens is 1. The van der Waals surface area contributed by atoms with E-state index in [0.29, 0.717) is 0 Å². The van der Waals surface area contributed by atoms with Gasteiger partial charge in [-0.25, -0.2) is 0 Å². The van der Waals surface area contributed by atoms with E-state index < -0.39 is 0 Å². The lowest BCUT2D eigenvalue weighted by atomic mass is 9.99. The van der Waals surface area contributed by atoms with Crippen LogP contribution in [0.15, 0.2) is 36.4 Å². The number of Topliss-reactive ketones (excluding diaryl/α,β-unsaturated/α-hetero) is 1. The third-order valence-corrected chi connectivity index (χ3v) is 3.50. The SMILES string of the molecule is CC(=O)c1ccc(-c2cc(C)c(C)cc2Cl)cc1. The molecule has 0 fully saturated rings. The lowest BCUT2D eigenvalue weighted by molar-refractivity contribution is 0.101. The van der Waals surface area contributed by atoms with E-state index >= 15 is 0 Å². The van der Waals surface area contributed by atoms with E-state index in [0.717, 1.165) is 21.7 Å². The van der Waals surface area contributed by atoms with Crippen LogP contribution in [0.5, 0.6) is 0 Å². The van der Waals surface area contributed by atoms with Gasteiger partial charge in [-0.3, -0.25) is 4.79 Å². The van der Waals surface area contributed by atoms with E-state index in [-0.39, 0.29) is 5.78 Å². The molecule has 0 amide bonds. The maximum atomic E-state index is 11.2. The number of ketones is 1. The highest BCUT2D eigenvalue weighted by molar-refractivity contribution is 6.33. The van der Waals surface area contributed by atoms with Gasteiger partial charge in [0.25, 0.3) is 0 Å². The Kier molecular flexibility index (Phi) is 3.53. The largest absolute Gasteiger partial charge is 0.295 e. The van der Waals surface area contributed by atoms with E-state index in [1.807, 2.05) is 37.3 Å². The average Bonchev–Trinajstić information content (AvgIpc) is 2.34. The molecule has 0 bridgehead atoms. The summed E-state index contributed by atoms with van der Waals surface area (Å²) in [4.78, 5) is 11.2. The van der Waals surface area contributed by atoms with Gasteiger partial charge in [-0.15, -0.1) is 0 Å². The Hall–Kier alpha value is -1.60. The molecule has 2 heteroatoms. The summed E-state index contributed by atoms with van der Waals surface area (Å²) in [5.74, 6) is 0.0766. The quantitative estimate of drug-likeness (QED) is 0.706. The highest BCUT2D eigenvalue weighted by Gasteiger charge is 2.07. The Bertz CT molecular complexity index is 597. The number of aryl methyl sites for hydroxylation is 2. The zero-order chi connectivity index (χ0) is 13.3. The van der Waals surface area contributed by atoms with Gasteiger partial charge in [0.1, 0.15) is 0 Å². The molecule has 0 aliphatic heterocycles. The van der Waals surface area contributed by atoms with Crippen LogP contribution in [0.2, 0.25) is 5.02 Å². The second kappa shape index (κ2) is 4.95. The molecule has 0 atom stereocenters. The highest BCUT2D eigenvalue weighted by Crippen LogP contribution is 2.30. The first-order valence-corrected chi connectivity index (χ1v) is 6.25. The number of benzene rings is 2. The summed E-state index contributed by atoms with van der Waals surface area (Å²) in [6, 6.07) is 11.6. The number of hydrogen-bond acceptors (Lipinski definition) is 1. The van der Waals surface area contributed by atoms with Crippen molar-refractivity contribution < 1.29 is 4.79 Å². The fraction of sp³-hybridized carbons (Fsp3) is 0.188. The van der Waals surface area contributed by atoms with Gasteiger partial charge in [-0.1, -0.05) is 35.9 Å². The first-order chi connectivity index (χ1) is 8.49. The summed E-state index contributed by atoms with van der Waals surface area (Å²) >= 11 is 6.27. The standard InChI is InChI=1S/C16H15ClO/c1-10-8-15(16(17)9-11(10)2)14-6-4-13(5-7-14)12(3)18/h4-9H,1-3H3. The van der Waals surface area contributed by atoms with Gasteiger partial charge < -0.3 is 0 Å². The van der Waals surface area contributed by atoms with Crippen LogP contribution in [0.25, 0.3) is 11.1 Å². The maximum absolute atomic E-state index is 11.2. The fourth-order valence-electron chi connectivity index (χ4n) is 1.89.